The van der Waals surface area contributed by atoms with Gasteiger partial charge in [0.25, 0.3) is 0 Å². The first-order valence-corrected chi connectivity index (χ1v) is 18.9. The lowest BCUT2D eigenvalue weighted by atomic mass is 9.33. The average molecular weight is 621 g/mol. The lowest BCUT2D eigenvalue weighted by Crippen LogP contribution is -2.66. The normalized spacial score (nSPS) is 50.6. The molecule has 6 fully saturated rings. The van der Waals surface area contributed by atoms with Gasteiger partial charge in [-0.25, -0.2) is 0 Å². The van der Waals surface area contributed by atoms with Gasteiger partial charge < -0.3 is 15.2 Å². The zero-order valence-corrected chi connectivity index (χ0v) is 29.5. The molecule has 1 heterocycles. The molecule has 0 aromatic carbocycles. The van der Waals surface area contributed by atoms with Crippen molar-refractivity contribution in [1.29, 1.82) is 0 Å². The number of fused-ring (bicyclic) bond motifs is 7. The molecule has 0 spiro atoms. The van der Waals surface area contributed by atoms with Gasteiger partial charge in [-0.05, 0) is 134 Å². The second-order valence-corrected chi connectivity index (χ2v) is 18.5. The van der Waals surface area contributed by atoms with Gasteiger partial charge in [0, 0.05) is 31.6 Å². The van der Waals surface area contributed by atoms with Crippen LogP contribution in [0.4, 0.5) is 0 Å². The molecule has 0 aromatic rings. The van der Waals surface area contributed by atoms with Crippen LogP contribution in [0.15, 0.2) is 24.3 Å². The van der Waals surface area contributed by atoms with Crippen LogP contribution >= 0.6 is 0 Å². The van der Waals surface area contributed by atoms with Crippen LogP contribution in [0.3, 0.4) is 0 Å². The highest BCUT2D eigenvalue weighted by atomic mass is 16.5. The number of aliphatic hydroxyl groups is 1. The van der Waals surface area contributed by atoms with E-state index in [2.05, 4.69) is 70.5 Å². The average Bonchev–Trinajstić information content (AvgIpc) is 3.60. The molecule has 7 aliphatic rings. The first kappa shape index (κ1) is 32.4. The minimum absolute atomic E-state index is 0.00213. The predicted molar refractivity (Wildman–Crippen MR) is 181 cm³/mol. The predicted octanol–water partition coefficient (Wildman–Crippen LogP) is 7.25. The molecule has 1 aliphatic heterocycles. The Hall–Kier alpha value is -1.17. The highest BCUT2D eigenvalue weighted by Gasteiger charge is 2.69. The van der Waals surface area contributed by atoms with Crippen molar-refractivity contribution in [3.8, 4) is 0 Å². The van der Waals surface area contributed by atoms with Crippen LogP contribution in [0, 0.1) is 69.0 Å². The fourth-order valence-corrected chi connectivity index (χ4v) is 13.9. The molecule has 0 aromatic heterocycles. The second kappa shape index (κ2) is 11.5. The van der Waals surface area contributed by atoms with Crippen molar-refractivity contribution in [1.82, 2.24) is 10.2 Å². The number of rotatable bonds is 5. The van der Waals surface area contributed by atoms with Gasteiger partial charge in [0.05, 0.1) is 19.3 Å². The summed E-state index contributed by atoms with van der Waals surface area (Å²) in [5.41, 5.74) is 2.22. The molecule has 5 heteroatoms. The van der Waals surface area contributed by atoms with Crippen molar-refractivity contribution in [2.24, 2.45) is 69.0 Å². The first-order valence-electron chi connectivity index (χ1n) is 18.9. The van der Waals surface area contributed by atoms with E-state index < -0.39 is 0 Å². The molecule has 2 N–H and O–H groups in total. The summed E-state index contributed by atoms with van der Waals surface area (Å²) >= 11 is 0. The van der Waals surface area contributed by atoms with Crippen molar-refractivity contribution in [2.45, 2.75) is 118 Å². The van der Waals surface area contributed by atoms with Crippen LogP contribution in [0.25, 0.3) is 0 Å². The molecule has 6 aliphatic carbocycles. The van der Waals surface area contributed by atoms with E-state index in [9.17, 15) is 9.90 Å². The van der Waals surface area contributed by atoms with Crippen LogP contribution in [0.1, 0.15) is 106 Å². The summed E-state index contributed by atoms with van der Waals surface area (Å²) in [5.74, 6) is 4.47. The Morgan fingerprint density at radius 2 is 1.64 bits per heavy atom. The quantitative estimate of drug-likeness (QED) is 0.318. The fourth-order valence-electron chi connectivity index (χ4n) is 13.9. The summed E-state index contributed by atoms with van der Waals surface area (Å²) in [7, 11) is 0. The molecule has 1 saturated heterocycles. The molecule has 0 radical (unpaired) electrons. The van der Waals surface area contributed by atoms with Gasteiger partial charge in [-0.15, -0.1) is 0 Å². The topological polar surface area (TPSA) is 61.8 Å². The number of carbonyl (C=O) groups excluding carboxylic acids is 1. The standard InChI is InChI=1S/C40H64N2O3/c1-25(2)29-23-30(36(44)41-27-9-8-26(22-27)24-42-18-20-45-21-19-42)28-12-16-39(6)31(35(28)29)10-11-33-38(5)15-14-34(43)37(3,4)32(38)13-17-40(33,39)7/h8-9,26-35,43H,1,10-24H2,2-7H3,(H,41,44)/t26?,27?,28?,29-,30+,31+,32-,33+,34-,35+,38-,39+,40+/m0/s1. The summed E-state index contributed by atoms with van der Waals surface area (Å²) in [6, 6.07) is 0.170. The van der Waals surface area contributed by atoms with Crippen LogP contribution in [0.5, 0.6) is 0 Å². The minimum atomic E-state index is -0.171. The largest absolute Gasteiger partial charge is 0.393 e. The van der Waals surface area contributed by atoms with Gasteiger partial charge in [-0.2, -0.15) is 0 Å². The van der Waals surface area contributed by atoms with Crippen molar-refractivity contribution in [3.05, 3.63) is 24.3 Å². The van der Waals surface area contributed by atoms with Crippen LogP contribution < -0.4 is 5.32 Å². The van der Waals surface area contributed by atoms with E-state index in [-0.39, 0.29) is 23.5 Å². The zero-order chi connectivity index (χ0) is 31.9. The SMILES string of the molecule is C=C(C)[C@@H]1C[C@@H](C(=O)NC2C=CC(CN3CCOCC3)C2)C2CC[C@]3(C)[C@H](CC[C@@H]4[C@@]5(C)CC[C@H](O)C(C)(C)[C@@H]5CC[C@]43C)[C@H]21. The Bertz CT molecular complexity index is 1190. The minimum Gasteiger partial charge on any atom is -0.393 e. The smallest absolute Gasteiger partial charge is 0.223 e. The van der Waals surface area contributed by atoms with Crippen molar-refractivity contribution in [2.75, 3.05) is 32.8 Å². The van der Waals surface area contributed by atoms with Crippen molar-refractivity contribution in [3.63, 3.8) is 0 Å². The lowest BCUT2D eigenvalue weighted by molar-refractivity contribution is -0.241. The number of hydrogen-bond donors (Lipinski definition) is 2. The lowest BCUT2D eigenvalue weighted by Gasteiger charge is -2.72. The van der Waals surface area contributed by atoms with E-state index in [0.717, 1.165) is 58.0 Å². The maximum Gasteiger partial charge on any atom is 0.223 e. The van der Waals surface area contributed by atoms with Gasteiger partial charge >= 0.3 is 0 Å². The summed E-state index contributed by atoms with van der Waals surface area (Å²) in [4.78, 5) is 16.6. The Morgan fingerprint density at radius 1 is 0.911 bits per heavy atom. The molecule has 0 bridgehead atoms. The zero-order valence-electron chi connectivity index (χ0n) is 29.5. The van der Waals surface area contributed by atoms with Crippen molar-refractivity contribution >= 4 is 5.91 Å². The van der Waals surface area contributed by atoms with Crippen molar-refractivity contribution < 1.29 is 14.6 Å². The van der Waals surface area contributed by atoms with E-state index in [4.69, 9.17) is 4.74 Å². The van der Waals surface area contributed by atoms with E-state index >= 15 is 0 Å². The molecule has 3 unspecified atom stereocenters. The van der Waals surface area contributed by atoms with Gasteiger partial charge in [0.2, 0.25) is 5.91 Å². The summed E-state index contributed by atoms with van der Waals surface area (Å²) in [6.07, 6.45) is 16.2. The molecular weight excluding hydrogens is 556 g/mol. The van der Waals surface area contributed by atoms with E-state index in [0.29, 0.717) is 57.7 Å². The number of nitrogens with one attached hydrogen (secondary N) is 1. The molecule has 252 valence electrons. The van der Waals surface area contributed by atoms with Gasteiger partial charge in [0.15, 0.2) is 0 Å². The number of hydrogen-bond acceptors (Lipinski definition) is 4. The number of carbonyl (C=O) groups is 1. The van der Waals surface area contributed by atoms with Gasteiger partial charge in [0.1, 0.15) is 0 Å². The van der Waals surface area contributed by atoms with Crippen LogP contribution in [-0.2, 0) is 9.53 Å². The molecular formula is C40H64N2O3. The third kappa shape index (κ3) is 4.97. The number of amides is 1. The highest BCUT2D eigenvalue weighted by molar-refractivity contribution is 5.80. The maximum absolute atomic E-state index is 14.1. The van der Waals surface area contributed by atoms with Gasteiger partial charge in [-0.3, -0.25) is 9.69 Å². The summed E-state index contributed by atoms with van der Waals surface area (Å²) in [6.45, 7) is 24.3. The monoisotopic (exact) mass is 620 g/mol. The Morgan fingerprint density at radius 3 is 2.38 bits per heavy atom. The highest BCUT2D eigenvalue weighted by Crippen LogP contribution is 2.76. The molecule has 5 nitrogen and oxygen atoms in total. The van der Waals surface area contributed by atoms with E-state index in [1.54, 1.807) is 0 Å². The number of ether oxygens (including phenoxy) is 1. The Balaban J connectivity index is 1.07. The Labute approximate surface area is 274 Å². The molecule has 13 atom stereocenters. The summed E-state index contributed by atoms with van der Waals surface area (Å²) < 4.78 is 5.54. The number of aliphatic hydroxyl groups excluding tert-OH is 1. The number of allylic oxidation sites excluding steroid dienone is 1. The maximum atomic E-state index is 14.1. The number of nitrogens with zero attached hydrogens (tertiary/aromatic N) is 1. The Kier molecular flexibility index (Phi) is 8.25. The molecule has 1 amide bonds. The van der Waals surface area contributed by atoms with E-state index in [1.807, 2.05) is 0 Å². The summed E-state index contributed by atoms with van der Waals surface area (Å²) in [5, 5.41) is 14.6. The third-order valence-corrected chi connectivity index (χ3v) is 16.4. The fraction of sp³-hybridized carbons (Fsp3) is 0.875. The third-order valence-electron chi connectivity index (χ3n) is 16.4. The van der Waals surface area contributed by atoms with Crippen LogP contribution in [0.2, 0.25) is 0 Å². The molecule has 45 heavy (non-hydrogen) atoms. The van der Waals surface area contributed by atoms with Crippen LogP contribution in [-0.4, -0.2) is 60.9 Å². The second-order valence-electron chi connectivity index (χ2n) is 18.5. The van der Waals surface area contributed by atoms with Gasteiger partial charge in [-0.1, -0.05) is 58.9 Å². The number of morpholine rings is 1. The first-order chi connectivity index (χ1) is 21.3. The molecule has 7 rings (SSSR count). The van der Waals surface area contributed by atoms with E-state index in [1.165, 1.54) is 50.5 Å². The molecule has 5 saturated carbocycles.